The molecule has 0 aliphatic heterocycles. The van der Waals surface area contributed by atoms with E-state index >= 15 is 0 Å². The molecule has 0 bridgehead atoms. The number of esters is 1. The topological polar surface area (TPSA) is 182 Å². The van der Waals surface area contributed by atoms with Crippen LogP contribution in [-0.2, 0) is 19.1 Å². The molecule has 0 amide bonds. The molecule has 0 spiro atoms. The van der Waals surface area contributed by atoms with Crippen molar-refractivity contribution in [2.75, 3.05) is 6.61 Å². The molecule has 0 aromatic rings. The monoisotopic (exact) mass is 296 g/mol. The largest absolute Gasteiger partial charge is 0.481 e. The second-order valence-corrected chi connectivity index (χ2v) is 3.88. The predicted octanol–water partition coefficient (Wildman–Crippen LogP) is -3.99. The Labute approximate surface area is 112 Å². The fraction of sp³-hybridized carbons (Fsp3) is 0.700. The fourth-order valence-corrected chi connectivity index (χ4v) is 1.17. The number of aliphatic hydroxyl groups is 5. The molecule has 10 heteroatoms. The summed E-state index contributed by atoms with van der Waals surface area (Å²) in [4.78, 5) is 32.1. The standard InChI is InChI=1S/C10H16O10/c11-2-5(14)8(17)9(18)6(3-12)20-10(19)4(13)1-7(15)16/h3-6,8-9,11,13-14,17-18H,1-2H2,(H,15,16)/t4?,5-,6+,8-,9-/m1/s1. The Bertz CT molecular complexity index is 343. The number of rotatable bonds is 9. The zero-order valence-corrected chi connectivity index (χ0v) is 10.2. The number of hydrogen-bond acceptors (Lipinski definition) is 9. The van der Waals surface area contributed by atoms with Gasteiger partial charge in [-0.15, -0.1) is 0 Å². The molecule has 5 atom stereocenters. The third-order valence-corrected chi connectivity index (χ3v) is 2.29. The molecule has 20 heavy (non-hydrogen) atoms. The molecule has 0 aliphatic carbocycles. The minimum Gasteiger partial charge on any atom is -0.481 e. The highest BCUT2D eigenvalue weighted by Crippen LogP contribution is 2.09. The Balaban J connectivity index is 4.65. The quantitative estimate of drug-likeness (QED) is 0.181. The Morgan fingerprint density at radius 2 is 1.65 bits per heavy atom. The Kier molecular flexibility index (Phi) is 7.87. The molecule has 116 valence electrons. The van der Waals surface area contributed by atoms with Crippen molar-refractivity contribution >= 4 is 18.2 Å². The summed E-state index contributed by atoms with van der Waals surface area (Å²) >= 11 is 0. The van der Waals surface area contributed by atoms with Crippen LogP contribution in [0.25, 0.3) is 0 Å². The van der Waals surface area contributed by atoms with Gasteiger partial charge in [-0.1, -0.05) is 0 Å². The number of hydrogen-bond donors (Lipinski definition) is 6. The zero-order chi connectivity index (χ0) is 15.9. The van der Waals surface area contributed by atoms with E-state index in [4.69, 9.17) is 20.4 Å². The molecule has 6 N–H and O–H groups in total. The first-order chi connectivity index (χ1) is 9.24. The molecule has 10 nitrogen and oxygen atoms in total. The molecule has 0 aliphatic rings. The van der Waals surface area contributed by atoms with E-state index < -0.39 is 55.5 Å². The average molecular weight is 296 g/mol. The van der Waals surface area contributed by atoms with Gasteiger partial charge in [0.05, 0.1) is 13.0 Å². The molecule has 0 rings (SSSR count). The van der Waals surface area contributed by atoms with E-state index in [2.05, 4.69) is 4.74 Å². The lowest BCUT2D eigenvalue weighted by Gasteiger charge is -2.25. The van der Waals surface area contributed by atoms with Crippen molar-refractivity contribution in [3.05, 3.63) is 0 Å². The van der Waals surface area contributed by atoms with E-state index in [-0.39, 0.29) is 6.29 Å². The number of ether oxygens (including phenoxy) is 1. The average Bonchev–Trinajstić information content (AvgIpc) is 2.40. The van der Waals surface area contributed by atoms with E-state index in [1.165, 1.54) is 0 Å². The smallest absolute Gasteiger partial charge is 0.336 e. The number of carbonyl (C=O) groups excluding carboxylic acids is 2. The summed E-state index contributed by atoms with van der Waals surface area (Å²) in [6.45, 7) is -0.917. The summed E-state index contributed by atoms with van der Waals surface area (Å²) in [6.07, 6.45) is -10.9. The van der Waals surface area contributed by atoms with Gasteiger partial charge in [0, 0.05) is 0 Å². The summed E-state index contributed by atoms with van der Waals surface area (Å²) in [7, 11) is 0. The molecule has 0 fully saturated rings. The molecular weight excluding hydrogens is 280 g/mol. The van der Waals surface area contributed by atoms with E-state index in [1.54, 1.807) is 0 Å². The first kappa shape index (κ1) is 18.4. The lowest BCUT2D eigenvalue weighted by molar-refractivity contribution is -0.176. The highest BCUT2D eigenvalue weighted by molar-refractivity contribution is 5.82. The molecule has 0 aromatic carbocycles. The van der Waals surface area contributed by atoms with Gasteiger partial charge in [0.1, 0.15) is 18.3 Å². The molecule has 0 saturated heterocycles. The Hall–Kier alpha value is -1.59. The molecule has 0 radical (unpaired) electrons. The van der Waals surface area contributed by atoms with E-state index in [1.807, 2.05) is 0 Å². The molecular formula is C10H16O10. The number of carbonyl (C=O) groups is 3. The number of aliphatic carboxylic acids is 1. The van der Waals surface area contributed by atoms with Crippen LogP contribution in [0.4, 0.5) is 0 Å². The van der Waals surface area contributed by atoms with Crippen molar-refractivity contribution in [3.63, 3.8) is 0 Å². The molecule has 1 unspecified atom stereocenters. The maximum Gasteiger partial charge on any atom is 0.336 e. The van der Waals surface area contributed by atoms with Crippen molar-refractivity contribution in [1.29, 1.82) is 0 Å². The maximum absolute atomic E-state index is 11.2. The predicted molar refractivity (Wildman–Crippen MR) is 59.3 cm³/mol. The third-order valence-electron chi connectivity index (χ3n) is 2.29. The van der Waals surface area contributed by atoms with E-state index in [0.717, 1.165) is 0 Å². The first-order valence-corrected chi connectivity index (χ1v) is 5.45. The van der Waals surface area contributed by atoms with E-state index in [0.29, 0.717) is 0 Å². The van der Waals surface area contributed by atoms with Gasteiger partial charge in [-0.2, -0.15) is 0 Å². The summed E-state index contributed by atoms with van der Waals surface area (Å²) in [6, 6.07) is 0. The SMILES string of the molecule is O=C[C@H](OC(=O)C(O)CC(=O)O)[C@@H](O)[C@H](O)[C@H](O)CO. The second-order valence-electron chi connectivity index (χ2n) is 3.88. The summed E-state index contributed by atoms with van der Waals surface area (Å²) in [5.74, 6) is -2.98. The van der Waals surface area contributed by atoms with Gasteiger partial charge in [-0.3, -0.25) is 9.59 Å². The first-order valence-electron chi connectivity index (χ1n) is 5.45. The number of aliphatic hydroxyl groups excluding tert-OH is 5. The summed E-state index contributed by atoms with van der Waals surface area (Å²) in [5, 5.41) is 53.8. The van der Waals surface area contributed by atoms with Crippen LogP contribution in [0.15, 0.2) is 0 Å². The minimum absolute atomic E-state index is 0.0800. The number of carboxylic acids is 1. The second kappa shape index (κ2) is 8.55. The number of aldehydes is 1. The molecule has 0 saturated carbocycles. The van der Waals surface area contributed by atoms with Crippen LogP contribution in [-0.4, -0.2) is 86.0 Å². The lowest BCUT2D eigenvalue weighted by Crippen LogP contribution is -2.48. The number of carboxylic acid groups (broad SMARTS) is 1. The summed E-state index contributed by atoms with van der Waals surface area (Å²) < 4.78 is 4.32. The van der Waals surface area contributed by atoms with Crippen molar-refractivity contribution < 1.29 is 49.8 Å². The van der Waals surface area contributed by atoms with Gasteiger partial charge >= 0.3 is 11.9 Å². The van der Waals surface area contributed by atoms with Crippen LogP contribution in [0.3, 0.4) is 0 Å². The van der Waals surface area contributed by atoms with Crippen LogP contribution in [0.2, 0.25) is 0 Å². The Morgan fingerprint density at radius 1 is 1.10 bits per heavy atom. The highest BCUT2D eigenvalue weighted by Gasteiger charge is 2.34. The van der Waals surface area contributed by atoms with Crippen molar-refractivity contribution in [2.24, 2.45) is 0 Å². The fourth-order valence-electron chi connectivity index (χ4n) is 1.17. The van der Waals surface area contributed by atoms with Gasteiger partial charge in [-0.25, -0.2) is 4.79 Å². The summed E-state index contributed by atoms with van der Waals surface area (Å²) in [5.41, 5.74) is 0. The lowest BCUT2D eigenvalue weighted by atomic mass is 10.0. The van der Waals surface area contributed by atoms with Crippen LogP contribution < -0.4 is 0 Å². The molecule has 0 heterocycles. The van der Waals surface area contributed by atoms with Gasteiger partial charge in [0.15, 0.2) is 18.5 Å². The highest BCUT2D eigenvalue weighted by atomic mass is 16.6. The minimum atomic E-state index is -2.06. The van der Waals surface area contributed by atoms with Crippen molar-refractivity contribution in [3.8, 4) is 0 Å². The van der Waals surface area contributed by atoms with E-state index in [9.17, 15) is 24.6 Å². The van der Waals surface area contributed by atoms with Gasteiger partial charge in [0.25, 0.3) is 0 Å². The van der Waals surface area contributed by atoms with Crippen molar-refractivity contribution in [2.45, 2.75) is 36.9 Å². The van der Waals surface area contributed by atoms with Crippen LogP contribution in [0, 0.1) is 0 Å². The van der Waals surface area contributed by atoms with Crippen LogP contribution >= 0.6 is 0 Å². The normalized spacial score (nSPS) is 18.4. The zero-order valence-electron chi connectivity index (χ0n) is 10.2. The van der Waals surface area contributed by atoms with Gasteiger partial charge < -0.3 is 35.4 Å². The van der Waals surface area contributed by atoms with Gasteiger partial charge in [0.2, 0.25) is 0 Å². The van der Waals surface area contributed by atoms with Crippen molar-refractivity contribution in [1.82, 2.24) is 0 Å². The third kappa shape index (κ3) is 5.59. The molecule has 0 aromatic heterocycles. The van der Waals surface area contributed by atoms with Crippen LogP contribution in [0.1, 0.15) is 6.42 Å². The maximum atomic E-state index is 11.2. The van der Waals surface area contributed by atoms with Crippen LogP contribution in [0.5, 0.6) is 0 Å². The Morgan fingerprint density at radius 3 is 2.05 bits per heavy atom. The van der Waals surface area contributed by atoms with Gasteiger partial charge in [-0.05, 0) is 0 Å².